The molecule has 0 amide bonds. The summed E-state index contributed by atoms with van der Waals surface area (Å²) >= 11 is 3.34. The number of carboxylic acid groups (broad SMARTS) is 1. The number of carboxylic acids is 1. The van der Waals surface area contributed by atoms with Gasteiger partial charge in [0.1, 0.15) is 0 Å². The molecular weight excluding hydrogens is 294 g/mol. The van der Waals surface area contributed by atoms with Gasteiger partial charge in [-0.05, 0) is 47.0 Å². The number of anilines is 1. The van der Waals surface area contributed by atoms with E-state index in [1.54, 1.807) is 6.07 Å². The van der Waals surface area contributed by atoms with Crippen LogP contribution in [-0.4, -0.2) is 24.2 Å². The summed E-state index contributed by atoms with van der Waals surface area (Å²) in [5.41, 5.74) is 1.44. The highest BCUT2D eigenvalue weighted by atomic mass is 79.9. The monoisotopic (exact) mass is 311 g/mol. The van der Waals surface area contributed by atoms with Crippen molar-refractivity contribution in [2.45, 2.75) is 32.1 Å². The second-order valence-electron chi connectivity index (χ2n) is 4.72. The lowest BCUT2D eigenvalue weighted by molar-refractivity contribution is 0.0696. The Morgan fingerprint density at radius 1 is 1.11 bits per heavy atom. The predicted octanol–water partition coefficient (Wildman–Crippen LogP) is 3.92. The van der Waals surface area contributed by atoms with Gasteiger partial charge in [0.15, 0.2) is 0 Å². The first-order chi connectivity index (χ1) is 8.68. The fourth-order valence-corrected chi connectivity index (χ4v) is 2.92. The van der Waals surface area contributed by atoms with E-state index in [1.165, 1.54) is 32.1 Å². The Labute approximate surface area is 116 Å². The summed E-state index contributed by atoms with van der Waals surface area (Å²) in [4.78, 5) is 13.3. The molecule has 4 heteroatoms. The van der Waals surface area contributed by atoms with E-state index in [4.69, 9.17) is 5.11 Å². The SMILES string of the molecule is O=C(O)c1ccc(N2CCCCCCC2)cc1Br. The van der Waals surface area contributed by atoms with Gasteiger partial charge in [0.2, 0.25) is 0 Å². The van der Waals surface area contributed by atoms with E-state index in [0.29, 0.717) is 10.0 Å². The molecule has 0 saturated carbocycles. The van der Waals surface area contributed by atoms with E-state index in [2.05, 4.69) is 20.8 Å². The molecule has 1 aliphatic rings. The van der Waals surface area contributed by atoms with E-state index in [1.807, 2.05) is 12.1 Å². The number of benzene rings is 1. The van der Waals surface area contributed by atoms with Gasteiger partial charge in [0.05, 0.1) is 5.56 Å². The summed E-state index contributed by atoms with van der Waals surface area (Å²) in [6.45, 7) is 2.14. The summed E-state index contributed by atoms with van der Waals surface area (Å²) in [6, 6.07) is 5.52. The van der Waals surface area contributed by atoms with Crippen molar-refractivity contribution >= 4 is 27.6 Å². The van der Waals surface area contributed by atoms with Crippen molar-refractivity contribution in [1.29, 1.82) is 0 Å². The quantitative estimate of drug-likeness (QED) is 0.900. The third-order valence-corrected chi connectivity index (χ3v) is 4.06. The van der Waals surface area contributed by atoms with E-state index >= 15 is 0 Å². The third kappa shape index (κ3) is 3.25. The maximum Gasteiger partial charge on any atom is 0.336 e. The van der Waals surface area contributed by atoms with Crippen LogP contribution in [-0.2, 0) is 0 Å². The normalized spacial score (nSPS) is 17.1. The van der Waals surface area contributed by atoms with Crippen molar-refractivity contribution in [3.8, 4) is 0 Å². The van der Waals surface area contributed by atoms with E-state index in [-0.39, 0.29) is 0 Å². The highest BCUT2D eigenvalue weighted by Gasteiger charge is 2.13. The predicted molar refractivity (Wildman–Crippen MR) is 76.4 cm³/mol. The summed E-state index contributed by atoms with van der Waals surface area (Å²) in [7, 11) is 0. The van der Waals surface area contributed by atoms with Gasteiger partial charge in [-0.15, -0.1) is 0 Å². The van der Waals surface area contributed by atoms with Crippen LogP contribution in [0.4, 0.5) is 5.69 Å². The van der Waals surface area contributed by atoms with Crippen LogP contribution in [0.2, 0.25) is 0 Å². The van der Waals surface area contributed by atoms with Crippen molar-refractivity contribution in [2.24, 2.45) is 0 Å². The van der Waals surface area contributed by atoms with Crippen LogP contribution in [0.1, 0.15) is 42.5 Å². The largest absolute Gasteiger partial charge is 0.478 e. The molecule has 1 heterocycles. The molecule has 1 saturated heterocycles. The summed E-state index contributed by atoms with van der Waals surface area (Å²) in [5, 5.41) is 9.01. The summed E-state index contributed by atoms with van der Waals surface area (Å²) in [5.74, 6) is -0.888. The van der Waals surface area contributed by atoms with E-state index in [9.17, 15) is 4.79 Å². The lowest BCUT2D eigenvalue weighted by Gasteiger charge is -2.27. The van der Waals surface area contributed by atoms with Gasteiger partial charge in [0, 0.05) is 23.2 Å². The highest BCUT2D eigenvalue weighted by molar-refractivity contribution is 9.10. The Hall–Kier alpha value is -1.03. The highest BCUT2D eigenvalue weighted by Crippen LogP contribution is 2.26. The fraction of sp³-hybridized carbons (Fsp3) is 0.500. The molecule has 1 aromatic rings. The van der Waals surface area contributed by atoms with Crippen molar-refractivity contribution in [2.75, 3.05) is 18.0 Å². The molecule has 3 nitrogen and oxygen atoms in total. The van der Waals surface area contributed by atoms with Crippen LogP contribution in [0.5, 0.6) is 0 Å². The van der Waals surface area contributed by atoms with Crippen molar-refractivity contribution in [1.82, 2.24) is 0 Å². The van der Waals surface area contributed by atoms with Crippen LogP contribution < -0.4 is 4.90 Å². The van der Waals surface area contributed by atoms with Gasteiger partial charge in [-0.25, -0.2) is 4.79 Å². The lowest BCUT2D eigenvalue weighted by Crippen LogP contribution is -2.27. The number of halogens is 1. The van der Waals surface area contributed by atoms with Gasteiger partial charge < -0.3 is 10.0 Å². The molecule has 2 rings (SSSR count). The molecule has 18 heavy (non-hydrogen) atoms. The zero-order chi connectivity index (χ0) is 13.0. The first-order valence-corrected chi connectivity index (χ1v) is 7.25. The molecule has 1 aliphatic heterocycles. The van der Waals surface area contributed by atoms with Gasteiger partial charge in [-0.2, -0.15) is 0 Å². The second kappa shape index (κ2) is 6.23. The zero-order valence-corrected chi connectivity index (χ0v) is 11.9. The summed E-state index contributed by atoms with van der Waals surface area (Å²) < 4.78 is 0.662. The minimum atomic E-state index is -0.888. The first-order valence-electron chi connectivity index (χ1n) is 6.46. The molecule has 0 spiro atoms. The van der Waals surface area contributed by atoms with E-state index < -0.39 is 5.97 Å². The van der Waals surface area contributed by atoms with Crippen molar-refractivity contribution in [3.63, 3.8) is 0 Å². The molecular formula is C14H18BrNO2. The van der Waals surface area contributed by atoms with Crippen LogP contribution in [0.3, 0.4) is 0 Å². The second-order valence-corrected chi connectivity index (χ2v) is 5.58. The standard InChI is InChI=1S/C14H18BrNO2/c15-13-10-11(6-7-12(13)14(17)18)16-8-4-2-1-3-5-9-16/h6-7,10H,1-5,8-9H2,(H,17,18). The van der Waals surface area contributed by atoms with Gasteiger partial charge in [0.25, 0.3) is 0 Å². The van der Waals surface area contributed by atoms with Gasteiger partial charge in [-0.3, -0.25) is 0 Å². The van der Waals surface area contributed by atoms with Crippen molar-refractivity contribution < 1.29 is 9.90 Å². The molecule has 0 aromatic heterocycles. The van der Waals surface area contributed by atoms with Crippen LogP contribution in [0, 0.1) is 0 Å². The molecule has 0 radical (unpaired) electrons. The van der Waals surface area contributed by atoms with Crippen LogP contribution in [0.15, 0.2) is 22.7 Å². The molecule has 0 atom stereocenters. The molecule has 0 bridgehead atoms. The number of hydrogen-bond acceptors (Lipinski definition) is 2. The number of carbonyl (C=O) groups is 1. The third-order valence-electron chi connectivity index (χ3n) is 3.40. The minimum absolute atomic E-state index is 0.325. The fourth-order valence-electron chi connectivity index (χ4n) is 2.38. The van der Waals surface area contributed by atoms with Gasteiger partial charge in [-0.1, -0.05) is 19.3 Å². The van der Waals surface area contributed by atoms with Crippen molar-refractivity contribution in [3.05, 3.63) is 28.2 Å². The molecule has 1 N–H and O–H groups in total. The van der Waals surface area contributed by atoms with Gasteiger partial charge >= 0.3 is 5.97 Å². The van der Waals surface area contributed by atoms with E-state index in [0.717, 1.165) is 18.8 Å². The number of nitrogens with zero attached hydrogens (tertiary/aromatic N) is 1. The molecule has 0 unspecified atom stereocenters. The summed E-state index contributed by atoms with van der Waals surface area (Å²) in [6.07, 6.45) is 6.38. The van der Waals surface area contributed by atoms with Crippen LogP contribution >= 0.6 is 15.9 Å². The number of hydrogen-bond donors (Lipinski definition) is 1. The Bertz CT molecular complexity index is 426. The zero-order valence-electron chi connectivity index (χ0n) is 10.4. The Morgan fingerprint density at radius 2 is 1.72 bits per heavy atom. The average molecular weight is 312 g/mol. The van der Waals surface area contributed by atoms with Crippen LogP contribution in [0.25, 0.3) is 0 Å². The minimum Gasteiger partial charge on any atom is -0.478 e. The topological polar surface area (TPSA) is 40.5 Å². The smallest absolute Gasteiger partial charge is 0.336 e. The molecule has 1 aromatic carbocycles. The molecule has 0 aliphatic carbocycles. The Balaban J connectivity index is 2.16. The molecule has 98 valence electrons. The Kier molecular flexibility index (Phi) is 4.64. The first kappa shape index (κ1) is 13.4. The Morgan fingerprint density at radius 3 is 2.28 bits per heavy atom. The maximum absolute atomic E-state index is 11.0. The number of rotatable bonds is 2. The number of aromatic carboxylic acids is 1. The lowest BCUT2D eigenvalue weighted by atomic mass is 10.1. The molecule has 1 fully saturated rings. The average Bonchev–Trinajstić information content (AvgIpc) is 2.27. The maximum atomic E-state index is 11.0.